The summed E-state index contributed by atoms with van der Waals surface area (Å²) in [7, 11) is 1.61. The monoisotopic (exact) mass is 344 g/mol. The number of carbonyl (C=O) groups excluding carboxylic acids is 1. The van der Waals surface area contributed by atoms with Crippen molar-refractivity contribution in [2.45, 2.75) is 5.92 Å². The molecule has 0 spiro atoms. The van der Waals surface area contributed by atoms with Crippen LogP contribution >= 0.6 is 0 Å². The highest BCUT2D eigenvalue weighted by Crippen LogP contribution is 2.24. The number of hydrogen-bond donors (Lipinski definition) is 1. The summed E-state index contributed by atoms with van der Waals surface area (Å²) in [4.78, 5) is 12.8. The van der Waals surface area contributed by atoms with Crippen molar-refractivity contribution < 1.29 is 9.53 Å². The van der Waals surface area contributed by atoms with Gasteiger partial charge in [-0.05, 0) is 28.8 Å². The summed E-state index contributed by atoms with van der Waals surface area (Å²) in [6.45, 7) is 0. The maximum Gasteiger partial charge on any atom is 0.252 e. The predicted molar refractivity (Wildman–Crippen MR) is 103 cm³/mol. The first-order valence-corrected chi connectivity index (χ1v) is 8.35. The van der Waals surface area contributed by atoms with Gasteiger partial charge >= 0.3 is 0 Å². The SMILES string of the molecule is COc1cccc(C=NNC(=O)C(c2ccccc2)c2ccccc2)c1. The third-order valence-electron chi connectivity index (χ3n) is 4.01. The standard InChI is InChI=1S/C22H20N2O2/c1-26-20-14-8-9-17(15-20)16-23-24-22(25)21(18-10-4-2-5-11-18)19-12-6-3-7-13-19/h2-16,21H,1H3,(H,24,25). The number of methoxy groups -OCH3 is 1. The van der Waals surface area contributed by atoms with Gasteiger partial charge in [0.05, 0.1) is 19.2 Å². The molecule has 4 nitrogen and oxygen atoms in total. The Kier molecular flexibility index (Phi) is 5.78. The van der Waals surface area contributed by atoms with E-state index in [9.17, 15) is 4.79 Å². The molecule has 130 valence electrons. The molecule has 0 unspecified atom stereocenters. The van der Waals surface area contributed by atoms with E-state index in [0.717, 1.165) is 22.4 Å². The molecule has 0 atom stereocenters. The Morgan fingerprint density at radius 2 is 1.54 bits per heavy atom. The quantitative estimate of drug-likeness (QED) is 0.543. The smallest absolute Gasteiger partial charge is 0.252 e. The van der Waals surface area contributed by atoms with Crippen molar-refractivity contribution in [3.63, 3.8) is 0 Å². The Morgan fingerprint density at radius 1 is 0.923 bits per heavy atom. The molecule has 4 heteroatoms. The van der Waals surface area contributed by atoms with E-state index in [4.69, 9.17) is 4.74 Å². The number of rotatable bonds is 6. The maximum atomic E-state index is 12.8. The van der Waals surface area contributed by atoms with E-state index in [-0.39, 0.29) is 5.91 Å². The molecule has 0 radical (unpaired) electrons. The molecule has 0 aliphatic carbocycles. The number of benzene rings is 3. The zero-order chi connectivity index (χ0) is 18.2. The van der Waals surface area contributed by atoms with E-state index in [1.807, 2.05) is 84.9 Å². The lowest BCUT2D eigenvalue weighted by molar-refractivity contribution is -0.121. The second kappa shape index (κ2) is 8.62. The van der Waals surface area contributed by atoms with E-state index in [1.165, 1.54) is 0 Å². The van der Waals surface area contributed by atoms with Gasteiger partial charge in [-0.2, -0.15) is 5.10 Å². The second-order valence-electron chi connectivity index (χ2n) is 5.77. The highest BCUT2D eigenvalue weighted by atomic mass is 16.5. The van der Waals surface area contributed by atoms with Gasteiger partial charge in [0.2, 0.25) is 0 Å². The van der Waals surface area contributed by atoms with Crippen molar-refractivity contribution in [2.75, 3.05) is 7.11 Å². The molecule has 0 heterocycles. The molecule has 3 aromatic carbocycles. The average Bonchev–Trinajstić information content (AvgIpc) is 2.70. The Bertz CT molecular complexity index is 837. The van der Waals surface area contributed by atoms with Gasteiger partial charge < -0.3 is 4.74 Å². The number of hydrazone groups is 1. The van der Waals surface area contributed by atoms with Crippen LogP contribution in [-0.4, -0.2) is 19.2 Å². The summed E-state index contributed by atoms with van der Waals surface area (Å²) in [6, 6.07) is 26.8. The van der Waals surface area contributed by atoms with Gasteiger partial charge in [0.1, 0.15) is 5.75 Å². The van der Waals surface area contributed by atoms with Crippen LogP contribution in [0.15, 0.2) is 90.0 Å². The van der Waals surface area contributed by atoms with Crippen molar-refractivity contribution >= 4 is 12.1 Å². The molecule has 0 aliphatic heterocycles. The van der Waals surface area contributed by atoms with Crippen LogP contribution in [0.2, 0.25) is 0 Å². The number of amides is 1. The minimum atomic E-state index is -0.417. The first-order valence-electron chi connectivity index (χ1n) is 8.35. The topological polar surface area (TPSA) is 50.7 Å². The summed E-state index contributed by atoms with van der Waals surface area (Å²) >= 11 is 0. The molecule has 3 aromatic rings. The van der Waals surface area contributed by atoms with Gasteiger partial charge in [-0.3, -0.25) is 4.79 Å². The number of nitrogens with zero attached hydrogens (tertiary/aromatic N) is 1. The average molecular weight is 344 g/mol. The molecule has 0 aromatic heterocycles. The lowest BCUT2D eigenvalue weighted by Crippen LogP contribution is -2.26. The fourth-order valence-corrected chi connectivity index (χ4v) is 2.74. The molecule has 0 saturated heterocycles. The Balaban J connectivity index is 1.79. The zero-order valence-electron chi connectivity index (χ0n) is 14.5. The molecule has 0 fully saturated rings. The second-order valence-corrected chi connectivity index (χ2v) is 5.77. The van der Waals surface area contributed by atoms with Crippen LogP contribution in [0, 0.1) is 0 Å². The van der Waals surface area contributed by atoms with Crippen molar-refractivity contribution in [3.05, 3.63) is 102 Å². The summed E-state index contributed by atoms with van der Waals surface area (Å²) in [5, 5.41) is 4.11. The van der Waals surface area contributed by atoms with Gasteiger partial charge in [0.25, 0.3) is 5.91 Å². The Hall–Kier alpha value is -3.40. The van der Waals surface area contributed by atoms with Crippen LogP contribution in [0.5, 0.6) is 5.75 Å². The molecule has 0 aliphatic rings. The molecule has 1 N–H and O–H groups in total. The normalized spacial score (nSPS) is 10.8. The van der Waals surface area contributed by atoms with Crippen molar-refractivity contribution in [1.82, 2.24) is 5.43 Å². The Labute approximate surface area is 153 Å². The molecule has 3 rings (SSSR count). The van der Waals surface area contributed by atoms with Gasteiger partial charge in [-0.25, -0.2) is 5.43 Å². The third kappa shape index (κ3) is 4.36. The largest absolute Gasteiger partial charge is 0.497 e. The third-order valence-corrected chi connectivity index (χ3v) is 4.01. The lowest BCUT2D eigenvalue weighted by Gasteiger charge is -2.16. The van der Waals surface area contributed by atoms with Crippen LogP contribution in [0.3, 0.4) is 0 Å². The molecule has 26 heavy (non-hydrogen) atoms. The zero-order valence-corrected chi connectivity index (χ0v) is 14.5. The van der Waals surface area contributed by atoms with Crippen LogP contribution in [0.4, 0.5) is 0 Å². The molecular formula is C22H20N2O2. The number of hydrogen-bond acceptors (Lipinski definition) is 3. The first-order chi connectivity index (χ1) is 12.8. The predicted octanol–water partition coefficient (Wildman–Crippen LogP) is 3.98. The maximum absolute atomic E-state index is 12.8. The van der Waals surface area contributed by atoms with Gasteiger partial charge in [-0.15, -0.1) is 0 Å². The van der Waals surface area contributed by atoms with Gasteiger partial charge in [-0.1, -0.05) is 72.8 Å². The van der Waals surface area contributed by atoms with Crippen LogP contribution in [0.25, 0.3) is 0 Å². The van der Waals surface area contributed by atoms with E-state index >= 15 is 0 Å². The van der Waals surface area contributed by atoms with E-state index in [0.29, 0.717) is 0 Å². The van der Waals surface area contributed by atoms with Gasteiger partial charge in [0.15, 0.2) is 0 Å². The fraction of sp³-hybridized carbons (Fsp3) is 0.0909. The minimum Gasteiger partial charge on any atom is -0.497 e. The number of carbonyl (C=O) groups is 1. The summed E-state index contributed by atoms with van der Waals surface area (Å²) in [5.41, 5.74) is 5.35. The van der Waals surface area contributed by atoms with Crippen molar-refractivity contribution in [3.8, 4) is 5.75 Å². The van der Waals surface area contributed by atoms with Crippen LogP contribution < -0.4 is 10.2 Å². The highest BCUT2D eigenvalue weighted by molar-refractivity contribution is 5.88. The van der Waals surface area contributed by atoms with E-state index in [2.05, 4.69) is 10.5 Å². The fourth-order valence-electron chi connectivity index (χ4n) is 2.74. The van der Waals surface area contributed by atoms with E-state index in [1.54, 1.807) is 13.3 Å². The molecular weight excluding hydrogens is 324 g/mol. The van der Waals surface area contributed by atoms with Gasteiger partial charge in [0, 0.05) is 0 Å². The van der Waals surface area contributed by atoms with Crippen molar-refractivity contribution in [2.24, 2.45) is 5.10 Å². The number of nitrogens with one attached hydrogen (secondary N) is 1. The van der Waals surface area contributed by atoms with E-state index < -0.39 is 5.92 Å². The van der Waals surface area contributed by atoms with Crippen molar-refractivity contribution in [1.29, 1.82) is 0 Å². The number of ether oxygens (including phenoxy) is 1. The molecule has 1 amide bonds. The summed E-state index contributed by atoms with van der Waals surface area (Å²) in [5.74, 6) is 0.146. The lowest BCUT2D eigenvalue weighted by atomic mass is 9.91. The summed E-state index contributed by atoms with van der Waals surface area (Å²) < 4.78 is 5.19. The molecule has 0 bridgehead atoms. The first kappa shape index (κ1) is 17.4. The minimum absolute atomic E-state index is 0.179. The van der Waals surface area contributed by atoms with Crippen LogP contribution in [-0.2, 0) is 4.79 Å². The van der Waals surface area contributed by atoms with Crippen LogP contribution in [0.1, 0.15) is 22.6 Å². The Morgan fingerprint density at radius 3 is 2.12 bits per heavy atom. The molecule has 0 saturated carbocycles. The highest BCUT2D eigenvalue weighted by Gasteiger charge is 2.22. The summed E-state index contributed by atoms with van der Waals surface area (Å²) in [6.07, 6.45) is 1.60.